The molecule has 1 aromatic heterocycles. The Morgan fingerprint density at radius 1 is 1.23 bits per heavy atom. The molecule has 0 amide bonds. The number of halogens is 3. The number of nitrogens with zero attached hydrogens (tertiary/aromatic N) is 1. The maximum atomic E-state index is 14.7. The maximum absolute atomic E-state index is 14.7. The van der Waals surface area contributed by atoms with Crippen molar-refractivity contribution < 1.29 is 19.0 Å². The van der Waals surface area contributed by atoms with Crippen molar-refractivity contribution in [1.82, 2.24) is 4.98 Å². The number of aryl methyl sites for hydroxylation is 1. The first-order valence-electron chi connectivity index (χ1n) is 9.06. The molecule has 3 unspecified atom stereocenters. The largest absolute Gasteiger partial charge is 0.506 e. The average molecular weight is 471 g/mol. The predicted molar refractivity (Wildman–Crippen MR) is 124 cm³/mol. The van der Waals surface area contributed by atoms with Crippen molar-refractivity contribution >= 4 is 49.2 Å². The van der Waals surface area contributed by atoms with Gasteiger partial charge < -0.3 is 15.5 Å². The summed E-state index contributed by atoms with van der Waals surface area (Å²) in [5.74, 6) is -0.419. The molecule has 0 spiro atoms. The fourth-order valence-corrected chi connectivity index (χ4v) is 4.72. The first-order valence-corrected chi connectivity index (χ1v) is 11.4. The van der Waals surface area contributed by atoms with Crippen LogP contribution >= 0.6 is 32.6 Å². The summed E-state index contributed by atoms with van der Waals surface area (Å²) >= 11 is 7.15. The molecule has 3 aromatic rings. The van der Waals surface area contributed by atoms with E-state index < -0.39 is 17.3 Å². The number of anilines is 1. The van der Waals surface area contributed by atoms with Crippen LogP contribution in [0.25, 0.3) is 10.9 Å². The first kappa shape index (κ1) is 23.0. The van der Waals surface area contributed by atoms with E-state index in [1.807, 2.05) is 25.1 Å². The maximum Gasteiger partial charge on any atom is 0.290 e. The number of thioether (sulfide) groups is 1. The van der Waals surface area contributed by atoms with Crippen LogP contribution in [0.15, 0.2) is 48.5 Å². The molecule has 2 aromatic carbocycles. The van der Waals surface area contributed by atoms with Crippen molar-refractivity contribution in [2.45, 2.75) is 24.2 Å². The summed E-state index contributed by atoms with van der Waals surface area (Å²) in [6.45, 7) is 1.87. The van der Waals surface area contributed by atoms with E-state index in [2.05, 4.69) is 10.3 Å². The minimum absolute atomic E-state index is 0.00749. The summed E-state index contributed by atoms with van der Waals surface area (Å²) in [5, 5.41) is 24.8. The smallest absolute Gasteiger partial charge is 0.290 e. The molecule has 3 atom stereocenters. The Bertz CT molecular complexity index is 1070. The van der Waals surface area contributed by atoms with Gasteiger partial charge in [0.25, 0.3) is 5.66 Å². The van der Waals surface area contributed by atoms with Gasteiger partial charge in [0.2, 0.25) is 0 Å². The zero-order valence-corrected chi connectivity index (χ0v) is 19.1. The molecule has 1 heterocycles. The van der Waals surface area contributed by atoms with Gasteiger partial charge in [-0.05, 0) is 55.1 Å². The molecule has 0 aliphatic heterocycles. The first-order chi connectivity index (χ1) is 14.1. The molecule has 160 valence electrons. The number of aliphatic hydroxyl groups is 1. The predicted octanol–water partition coefficient (Wildman–Crippen LogP) is 5.62. The molecule has 3 rings (SSSR count). The van der Waals surface area contributed by atoms with E-state index in [9.17, 15) is 19.0 Å². The van der Waals surface area contributed by atoms with E-state index in [1.54, 1.807) is 18.4 Å². The number of benzene rings is 2. The van der Waals surface area contributed by atoms with Gasteiger partial charge in [0.15, 0.2) is 5.60 Å². The number of pyridine rings is 1. The Morgan fingerprint density at radius 2 is 1.97 bits per heavy atom. The van der Waals surface area contributed by atoms with Crippen LogP contribution in [-0.4, -0.2) is 38.5 Å². The van der Waals surface area contributed by atoms with E-state index >= 15 is 0 Å². The van der Waals surface area contributed by atoms with Gasteiger partial charge in [0.1, 0.15) is 5.75 Å². The van der Waals surface area contributed by atoms with Gasteiger partial charge >= 0.3 is 0 Å². The lowest BCUT2D eigenvalue weighted by Gasteiger charge is -2.41. The van der Waals surface area contributed by atoms with Gasteiger partial charge in [-0.15, -0.1) is 0 Å². The Morgan fingerprint density at radius 3 is 2.60 bits per heavy atom. The lowest BCUT2D eigenvalue weighted by Crippen LogP contribution is -2.53. The highest BCUT2D eigenvalue weighted by atomic mass is 35.5. The molecule has 0 saturated heterocycles. The van der Waals surface area contributed by atoms with Crippen molar-refractivity contribution in [3.8, 4) is 5.75 Å². The minimum Gasteiger partial charge on any atom is -0.506 e. The topological polar surface area (TPSA) is 65.4 Å². The number of alkyl halides is 2. The van der Waals surface area contributed by atoms with Crippen LogP contribution in [0, 0.1) is 6.92 Å². The third-order valence-electron chi connectivity index (χ3n) is 4.90. The number of rotatable bonds is 7. The molecule has 3 N–H and O–H groups in total. The summed E-state index contributed by atoms with van der Waals surface area (Å²) in [7, 11) is 1.45. The summed E-state index contributed by atoms with van der Waals surface area (Å²) in [5.41, 5.74) is -3.60. The summed E-state index contributed by atoms with van der Waals surface area (Å²) in [6.07, 6.45) is 1.65. The van der Waals surface area contributed by atoms with Crippen LogP contribution in [0.5, 0.6) is 5.75 Å². The van der Waals surface area contributed by atoms with Crippen LogP contribution < -0.4 is 5.32 Å². The monoisotopic (exact) mass is 470 g/mol. The molecule has 0 aliphatic rings. The van der Waals surface area contributed by atoms with E-state index in [1.165, 1.54) is 27.4 Å². The Kier molecular flexibility index (Phi) is 6.78. The highest BCUT2D eigenvalue weighted by Gasteiger charge is 2.54. The van der Waals surface area contributed by atoms with Crippen LogP contribution in [0.4, 0.5) is 14.5 Å². The van der Waals surface area contributed by atoms with E-state index in [-0.39, 0.29) is 16.5 Å². The zero-order valence-electron chi connectivity index (χ0n) is 16.4. The standard InChI is InChI=1S/C21H22ClF2N2O2PS/c1-12-6-8-14-16(25-12)4-3-5-17(14)26-19(13-7-9-18(27)15(22)10-13)20(28,11-30-2)21(23,24)29/h3-10,19,26-28H,11,29H2,1-2H3. The van der Waals surface area contributed by atoms with Gasteiger partial charge in [0.05, 0.1) is 16.6 Å². The Balaban J connectivity index is 2.18. The third kappa shape index (κ3) is 4.50. The highest BCUT2D eigenvalue weighted by molar-refractivity contribution is 7.98. The number of phenols is 1. The molecule has 0 aliphatic carbocycles. The van der Waals surface area contributed by atoms with Gasteiger partial charge in [0, 0.05) is 22.5 Å². The SMILES string of the molecule is CSCC(O)(C(Nc1cccc2nc(C)ccc12)c1ccc(O)c(Cl)c1)C(F)(F)P. The number of nitrogens with one attached hydrogen (secondary N) is 1. The van der Waals surface area contributed by atoms with Crippen molar-refractivity contribution in [3.05, 3.63) is 64.8 Å². The lowest BCUT2D eigenvalue weighted by molar-refractivity contribution is -0.117. The summed E-state index contributed by atoms with van der Waals surface area (Å²) in [4.78, 5) is 4.48. The van der Waals surface area contributed by atoms with E-state index in [4.69, 9.17) is 11.6 Å². The second-order valence-corrected chi connectivity index (χ2v) is 9.09. The Labute approximate surface area is 185 Å². The van der Waals surface area contributed by atoms with Gasteiger partial charge in [-0.1, -0.05) is 33.0 Å². The third-order valence-corrected chi connectivity index (χ3v) is 6.43. The normalized spacial score (nSPS) is 15.0. The molecule has 9 heteroatoms. The number of phenolic OH excluding ortho intramolecular Hbond substituents is 1. The summed E-state index contributed by atoms with van der Waals surface area (Å²) in [6, 6.07) is 12.0. The van der Waals surface area contributed by atoms with Crippen molar-refractivity contribution in [2.75, 3.05) is 17.3 Å². The molecule has 4 nitrogen and oxygen atoms in total. The fourth-order valence-electron chi connectivity index (χ4n) is 3.31. The molecule has 0 radical (unpaired) electrons. The summed E-state index contributed by atoms with van der Waals surface area (Å²) < 4.78 is 29.4. The van der Waals surface area contributed by atoms with Crippen molar-refractivity contribution in [1.29, 1.82) is 0 Å². The fraction of sp³-hybridized carbons (Fsp3) is 0.286. The van der Waals surface area contributed by atoms with Gasteiger partial charge in [-0.2, -0.15) is 20.5 Å². The van der Waals surface area contributed by atoms with Gasteiger partial charge in [-0.3, -0.25) is 4.98 Å². The van der Waals surface area contributed by atoms with Gasteiger partial charge in [-0.25, -0.2) is 0 Å². The van der Waals surface area contributed by atoms with Crippen LogP contribution in [0.3, 0.4) is 0 Å². The number of hydrogen-bond donors (Lipinski definition) is 3. The van der Waals surface area contributed by atoms with Crippen molar-refractivity contribution in [2.24, 2.45) is 0 Å². The molecule has 30 heavy (non-hydrogen) atoms. The molecule has 0 bridgehead atoms. The number of hydrogen-bond acceptors (Lipinski definition) is 5. The average Bonchev–Trinajstić information content (AvgIpc) is 2.67. The zero-order chi connectivity index (χ0) is 22.1. The highest BCUT2D eigenvalue weighted by Crippen LogP contribution is 2.47. The molecular formula is C21H22ClF2N2O2PS. The van der Waals surface area contributed by atoms with Crippen LogP contribution in [-0.2, 0) is 0 Å². The lowest BCUT2D eigenvalue weighted by atomic mass is 9.89. The Hall–Kier alpha value is -1.66. The molecular weight excluding hydrogens is 449 g/mol. The number of aromatic hydroxyl groups is 1. The van der Waals surface area contributed by atoms with Crippen LogP contribution in [0.1, 0.15) is 17.3 Å². The number of fused-ring (bicyclic) bond motifs is 1. The minimum atomic E-state index is -3.52. The second kappa shape index (κ2) is 8.83. The quantitative estimate of drug-likeness (QED) is 0.391. The molecule has 0 fully saturated rings. The van der Waals surface area contributed by atoms with Crippen LogP contribution in [0.2, 0.25) is 5.02 Å². The molecule has 0 saturated carbocycles. The second-order valence-electron chi connectivity index (χ2n) is 7.09. The number of aromatic nitrogens is 1. The van der Waals surface area contributed by atoms with Crippen molar-refractivity contribution in [3.63, 3.8) is 0 Å². The van der Waals surface area contributed by atoms with E-state index in [0.29, 0.717) is 16.8 Å². The van der Waals surface area contributed by atoms with E-state index in [0.717, 1.165) is 22.8 Å².